The molecule has 8 heteroatoms. The zero-order chi connectivity index (χ0) is 15.6. The van der Waals surface area contributed by atoms with Crippen LogP contribution in [0.2, 0.25) is 5.02 Å². The van der Waals surface area contributed by atoms with Crippen LogP contribution in [0.15, 0.2) is 18.2 Å². The van der Waals surface area contributed by atoms with Crippen molar-refractivity contribution in [3.8, 4) is 0 Å². The van der Waals surface area contributed by atoms with Crippen LogP contribution < -0.4 is 10.0 Å². The predicted octanol–water partition coefficient (Wildman–Crippen LogP) is 1.54. The van der Waals surface area contributed by atoms with Crippen molar-refractivity contribution >= 4 is 27.5 Å². The van der Waals surface area contributed by atoms with E-state index in [1.54, 1.807) is 13.8 Å². The van der Waals surface area contributed by atoms with E-state index in [4.69, 9.17) is 11.6 Å². The van der Waals surface area contributed by atoms with E-state index in [1.165, 1.54) is 12.1 Å². The van der Waals surface area contributed by atoms with Gasteiger partial charge in [-0.1, -0.05) is 11.6 Å². The lowest BCUT2D eigenvalue weighted by atomic mass is 10.1. The summed E-state index contributed by atoms with van der Waals surface area (Å²) in [5.41, 5.74) is -1.08. The summed E-state index contributed by atoms with van der Waals surface area (Å²) in [5, 5.41) is 2.71. The van der Waals surface area contributed by atoms with Crippen molar-refractivity contribution in [2.75, 3.05) is 12.8 Å². The van der Waals surface area contributed by atoms with Crippen LogP contribution >= 0.6 is 11.6 Å². The number of hydrogen-bond donors (Lipinski definition) is 2. The van der Waals surface area contributed by atoms with E-state index in [0.717, 1.165) is 12.3 Å². The van der Waals surface area contributed by atoms with Crippen molar-refractivity contribution in [3.05, 3.63) is 34.6 Å². The standard InChI is InChI=1S/C12H16ClFN2O3S/c1-12(2,16-20(3,18)19)7-15-11(17)9-6-8(13)4-5-10(9)14/h4-6,16H,7H2,1-3H3,(H,15,17). The van der Waals surface area contributed by atoms with Crippen molar-refractivity contribution in [2.24, 2.45) is 0 Å². The highest BCUT2D eigenvalue weighted by Crippen LogP contribution is 2.15. The number of sulfonamides is 1. The smallest absolute Gasteiger partial charge is 0.254 e. The Morgan fingerprint density at radius 2 is 2.00 bits per heavy atom. The third-order valence-electron chi connectivity index (χ3n) is 2.33. The molecule has 1 aromatic carbocycles. The van der Waals surface area contributed by atoms with Crippen molar-refractivity contribution < 1.29 is 17.6 Å². The molecule has 0 unspecified atom stereocenters. The average molecular weight is 323 g/mol. The number of benzene rings is 1. The molecule has 1 amide bonds. The van der Waals surface area contributed by atoms with Crippen molar-refractivity contribution in [1.82, 2.24) is 10.0 Å². The molecule has 2 N–H and O–H groups in total. The van der Waals surface area contributed by atoms with Gasteiger partial charge in [-0.15, -0.1) is 0 Å². The van der Waals surface area contributed by atoms with Crippen LogP contribution in [0.1, 0.15) is 24.2 Å². The van der Waals surface area contributed by atoms with E-state index in [-0.39, 0.29) is 17.1 Å². The van der Waals surface area contributed by atoms with E-state index >= 15 is 0 Å². The van der Waals surface area contributed by atoms with Gasteiger partial charge in [-0.2, -0.15) is 0 Å². The lowest BCUT2D eigenvalue weighted by Gasteiger charge is -2.25. The molecular formula is C12H16ClFN2O3S. The van der Waals surface area contributed by atoms with Gasteiger partial charge in [-0.25, -0.2) is 17.5 Å². The monoisotopic (exact) mass is 322 g/mol. The molecule has 0 aliphatic carbocycles. The SMILES string of the molecule is CC(C)(CNC(=O)c1cc(Cl)ccc1F)NS(C)(=O)=O. The second-order valence-electron chi connectivity index (χ2n) is 5.06. The molecule has 0 heterocycles. The second-order valence-corrected chi connectivity index (χ2v) is 7.25. The third kappa shape index (κ3) is 5.44. The highest BCUT2D eigenvalue weighted by atomic mass is 35.5. The molecule has 1 rings (SSSR count). The maximum atomic E-state index is 13.5. The lowest BCUT2D eigenvalue weighted by Crippen LogP contribution is -2.51. The normalized spacial score (nSPS) is 12.2. The van der Waals surface area contributed by atoms with Crippen molar-refractivity contribution in [1.29, 1.82) is 0 Å². The lowest BCUT2D eigenvalue weighted by molar-refractivity contribution is 0.0940. The Kier molecular flexibility index (Phi) is 5.12. The fraction of sp³-hybridized carbons (Fsp3) is 0.417. The summed E-state index contributed by atoms with van der Waals surface area (Å²) in [6.45, 7) is 3.20. The summed E-state index contributed by atoms with van der Waals surface area (Å²) < 4.78 is 38.2. The van der Waals surface area contributed by atoms with Crippen LogP contribution in [0.4, 0.5) is 4.39 Å². The Labute approximate surface area is 122 Å². The number of carbonyl (C=O) groups is 1. The molecule has 0 bridgehead atoms. The second kappa shape index (κ2) is 6.07. The highest BCUT2D eigenvalue weighted by Gasteiger charge is 2.23. The summed E-state index contributed by atoms with van der Waals surface area (Å²) in [7, 11) is -3.41. The topological polar surface area (TPSA) is 75.3 Å². The molecule has 112 valence electrons. The Morgan fingerprint density at radius 1 is 1.40 bits per heavy atom. The number of nitrogens with one attached hydrogen (secondary N) is 2. The molecule has 0 aromatic heterocycles. The van der Waals surface area contributed by atoms with E-state index < -0.39 is 27.3 Å². The van der Waals surface area contributed by atoms with Crippen LogP contribution in [-0.2, 0) is 10.0 Å². The first kappa shape index (κ1) is 16.9. The number of rotatable bonds is 5. The molecule has 0 saturated heterocycles. The molecular weight excluding hydrogens is 307 g/mol. The number of carbonyl (C=O) groups excluding carboxylic acids is 1. The molecule has 0 radical (unpaired) electrons. The van der Waals surface area contributed by atoms with Gasteiger partial charge in [-0.05, 0) is 32.0 Å². The van der Waals surface area contributed by atoms with Gasteiger partial charge in [-0.3, -0.25) is 4.79 Å². The van der Waals surface area contributed by atoms with Gasteiger partial charge in [0.2, 0.25) is 10.0 Å². The fourth-order valence-corrected chi connectivity index (χ4v) is 2.85. The van der Waals surface area contributed by atoms with Crippen LogP contribution in [0.3, 0.4) is 0 Å². The Bertz CT molecular complexity index is 617. The molecule has 0 aliphatic rings. The van der Waals surface area contributed by atoms with Gasteiger partial charge >= 0.3 is 0 Å². The largest absolute Gasteiger partial charge is 0.350 e. The third-order valence-corrected chi connectivity index (χ3v) is 3.48. The maximum Gasteiger partial charge on any atom is 0.254 e. The summed E-state index contributed by atoms with van der Waals surface area (Å²) >= 11 is 5.70. The zero-order valence-corrected chi connectivity index (χ0v) is 12.9. The van der Waals surface area contributed by atoms with E-state index in [0.29, 0.717) is 0 Å². The van der Waals surface area contributed by atoms with Gasteiger partial charge in [0.25, 0.3) is 5.91 Å². The van der Waals surface area contributed by atoms with E-state index in [1.807, 2.05) is 0 Å². The molecule has 0 aliphatic heterocycles. The van der Waals surface area contributed by atoms with E-state index in [2.05, 4.69) is 10.0 Å². The quantitative estimate of drug-likeness (QED) is 0.863. The molecule has 0 atom stereocenters. The molecule has 0 saturated carbocycles. The molecule has 1 aromatic rings. The minimum atomic E-state index is -3.41. The summed E-state index contributed by atoms with van der Waals surface area (Å²) in [4.78, 5) is 11.8. The Morgan fingerprint density at radius 3 is 2.55 bits per heavy atom. The summed E-state index contributed by atoms with van der Waals surface area (Å²) in [5.74, 6) is -1.35. The zero-order valence-electron chi connectivity index (χ0n) is 11.3. The van der Waals surface area contributed by atoms with Gasteiger partial charge < -0.3 is 5.32 Å². The van der Waals surface area contributed by atoms with Gasteiger partial charge in [0, 0.05) is 17.1 Å². The molecule has 5 nitrogen and oxygen atoms in total. The van der Waals surface area contributed by atoms with Crippen LogP contribution in [0.25, 0.3) is 0 Å². The summed E-state index contributed by atoms with van der Waals surface area (Å²) in [6.07, 6.45) is 1.02. The van der Waals surface area contributed by atoms with Gasteiger partial charge in [0.15, 0.2) is 0 Å². The average Bonchev–Trinajstić information content (AvgIpc) is 2.26. The minimum absolute atomic E-state index is 0.00482. The first-order chi connectivity index (χ1) is 9.00. The molecule has 20 heavy (non-hydrogen) atoms. The number of amides is 1. The fourth-order valence-electron chi connectivity index (χ4n) is 1.61. The van der Waals surface area contributed by atoms with Crippen molar-refractivity contribution in [3.63, 3.8) is 0 Å². The first-order valence-electron chi connectivity index (χ1n) is 5.72. The van der Waals surface area contributed by atoms with Crippen LogP contribution in [0.5, 0.6) is 0 Å². The highest BCUT2D eigenvalue weighted by molar-refractivity contribution is 7.88. The molecule has 0 spiro atoms. The van der Waals surface area contributed by atoms with Gasteiger partial charge in [0.05, 0.1) is 11.8 Å². The summed E-state index contributed by atoms with van der Waals surface area (Å²) in [6, 6.07) is 3.64. The molecule has 0 fully saturated rings. The van der Waals surface area contributed by atoms with Crippen LogP contribution in [0, 0.1) is 5.82 Å². The Balaban J connectivity index is 2.75. The first-order valence-corrected chi connectivity index (χ1v) is 7.99. The van der Waals surface area contributed by atoms with Crippen LogP contribution in [-0.4, -0.2) is 32.7 Å². The predicted molar refractivity (Wildman–Crippen MR) is 75.8 cm³/mol. The minimum Gasteiger partial charge on any atom is -0.350 e. The van der Waals surface area contributed by atoms with E-state index in [9.17, 15) is 17.6 Å². The number of halogens is 2. The van der Waals surface area contributed by atoms with Crippen molar-refractivity contribution in [2.45, 2.75) is 19.4 Å². The van der Waals surface area contributed by atoms with Gasteiger partial charge in [0.1, 0.15) is 5.82 Å². The maximum absolute atomic E-state index is 13.5. The number of hydrogen-bond acceptors (Lipinski definition) is 3. The Hall–Kier alpha value is -1.18.